The molecule has 3 heterocycles. The molecular formula is C35H34ClFN8O4. The third kappa shape index (κ3) is 6.81. The molecule has 14 heteroatoms. The highest BCUT2D eigenvalue weighted by Crippen LogP contribution is 2.42. The number of anilines is 2. The molecule has 0 saturated carbocycles. The number of nitrogens with two attached hydrogens (primary N) is 1. The lowest BCUT2D eigenvalue weighted by molar-refractivity contribution is -0.114. The molecule has 1 aliphatic heterocycles. The van der Waals surface area contributed by atoms with E-state index in [9.17, 15) is 14.9 Å². The normalized spacial score (nSPS) is 14.8. The molecule has 12 nitrogen and oxygen atoms in total. The van der Waals surface area contributed by atoms with Crippen molar-refractivity contribution in [2.45, 2.75) is 26.4 Å². The summed E-state index contributed by atoms with van der Waals surface area (Å²) >= 11 is 6.57. The number of aromatic nitrogens is 3. The third-order valence-electron chi connectivity index (χ3n) is 7.89. The fraction of sp³-hybridized carbons (Fsp3) is 0.257. The summed E-state index contributed by atoms with van der Waals surface area (Å²) in [5.74, 6) is -0.652. The van der Waals surface area contributed by atoms with Crippen LogP contribution < -0.4 is 30.6 Å². The van der Waals surface area contributed by atoms with Crippen LogP contribution in [-0.4, -0.2) is 54.5 Å². The van der Waals surface area contributed by atoms with E-state index in [1.54, 1.807) is 50.4 Å². The Bertz CT molecular complexity index is 2090. The maximum Gasteiger partial charge on any atom is 0.275 e. The zero-order chi connectivity index (χ0) is 35.6. The molecule has 252 valence electrons. The molecule has 49 heavy (non-hydrogen) atoms. The highest BCUT2D eigenvalue weighted by atomic mass is 35.5. The van der Waals surface area contributed by atoms with Crippen LogP contribution in [0.4, 0.5) is 21.7 Å². The molecule has 4 aromatic rings. The molecule has 0 aliphatic carbocycles. The summed E-state index contributed by atoms with van der Waals surface area (Å²) in [6.07, 6.45) is 2.96. The first-order valence-electron chi connectivity index (χ1n) is 15.1. The summed E-state index contributed by atoms with van der Waals surface area (Å²) in [7, 11) is 6.57. The van der Waals surface area contributed by atoms with Crippen LogP contribution >= 0.6 is 11.6 Å². The maximum atomic E-state index is 15.2. The lowest BCUT2D eigenvalue weighted by Crippen LogP contribution is -2.37. The first kappa shape index (κ1) is 34.6. The van der Waals surface area contributed by atoms with E-state index in [4.69, 9.17) is 31.8 Å². The van der Waals surface area contributed by atoms with Crippen LogP contribution in [0.1, 0.15) is 36.6 Å². The van der Waals surface area contributed by atoms with Gasteiger partial charge in [-0.05, 0) is 47.4 Å². The van der Waals surface area contributed by atoms with Crippen molar-refractivity contribution < 1.29 is 18.7 Å². The number of carbonyl (C=O) groups is 1. The van der Waals surface area contributed by atoms with Gasteiger partial charge in [0.1, 0.15) is 34.7 Å². The predicted molar refractivity (Wildman–Crippen MR) is 185 cm³/mol. The number of nitrogens with zero attached hydrogens (tertiary/aromatic N) is 7. The largest absolute Gasteiger partial charge is 0.497 e. The van der Waals surface area contributed by atoms with E-state index in [0.29, 0.717) is 17.4 Å². The van der Waals surface area contributed by atoms with Gasteiger partial charge in [0.2, 0.25) is 11.8 Å². The topological polar surface area (TPSA) is 152 Å². The van der Waals surface area contributed by atoms with Crippen molar-refractivity contribution in [3.05, 3.63) is 110 Å². The van der Waals surface area contributed by atoms with E-state index in [2.05, 4.69) is 9.97 Å². The van der Waals surface area contributed by atoms with Crippen molar-refractivity contribution in [2.75, 3.05) is 38.1 Å². The molecule has 0 fully saturated rings. The average molecular weight is 685 g/mol. The molecule has 0 radical (unpaired) electrons. The highest BCUT2D eigenvalue weighted by Gasteiger charge is 2.44. The Morgan fingerprint density at radius 3 is 2.45 bits per heavy atom. The van der Waals surface area contributed by atoms with E-state index in [0.717, 1.165) is 11.6 Å². The standard InChI is InChI=1S/C35H34ClFN8O4/c1-19(2)30(41-26-16-40-35(43(3)4)42-32(26)49-6)28-29(39)34(47)45(31(28)21-9-10-22(15-38)25(37)13-21)27-14-23(36)18-44(33(27)46)17-20-7-11-24(48-5)12-8-20/h7-14,16,18-19,31H,17,39H2,1-6H3. The van der Waals surface area contributed by atoms with Gasteiger partial charge in [-0.25, -0.2) is 14.4 Å². The van der Waals surface area contributed by atoms with Gasteiger partial charge >= 0.3 is 0 Å². The number of aliphatic imine (C=N–C) groups is 1. The van der Waals surface area contributed by atoms with Crippen LogP contribution in [0.15, 0.2) is 82.0 Å². The van der Waals surface area contributed by atoms with Crippen LogP contribution in [0.3, 0.4) is 0 Å². The summed E-state index contributed by atoms with van der Waals surface area (Å²) in [5.41, 5.74) is 7.47. The smallest absolute Gasteiger partial charge is 0.275 e. The van der Waals surface area contributed by atoms with E-state index >= 15 is 4.39 Å². The molecule has 0 spiro atoms. The molecule has 1 aliphatic rings. The Kier molecular flexibility index (Phi) is 10.0. The number of halogens is 2. The SMILES string of the molecule is COc1ccc(Cn2cc(Cl)cc(N3C(=O)C(N)=C(C(=Nc4cnc(N(C)C)nc4OC)C(C)C)C3c3ccc(C#N)c(F)c3)c2=O)cc1. The number of hydrogen-bond acceptors (Lipinski definition) is 10. The molecule has 0 bridgehead atoms. The number of ether oxygens (including phenoxy) is 2. The Hall–Kier alpha value is -5.74. The summed E-state index contributed by atoms with van der Waals surface area (Å²) in [4.78, 5) is 44.9. The van der Waals surface area contributed by atoms with Crippen LogP contribution in [0.5, 0.6) is 11.6 Å². The van der Waals surface area contributed by atoms with E-state index in [1.165, 1.54) is 47.2 Å². The molecule has 1 amide bonds. The quantitative estimate of drug-likeness (QED) is 0.223. The van der Waals surface area contributed by atoms with Gasteiger partial charge in [0, 0.05) is 25.9 Å². The second-order valence-corrected chi connectivity index (χ2v) is 12.1. The number of nitriles is 1. The van der Waals surface area contributed by atoms with Crippen LogP contribution in [0.2, 0.25) is 5.02 Å². The lowest BCUT2D eigenvalue weighted by atomic mass is 9.89. The summed E-state index contributed by atoms with van der Waals surface area (Å²) < 4.78 is 27.4. The first-order chi connectivity index (χ1) is 23.4. The monoisotopic (exact) mass is 684 g/mol. The van der Waals surface area contributed by atoms with Gasteiger partial charge < -0.3 is 24.7 Å². The Balaban J connectivity index is 1.72. The summed E-state index contributed by atoms with van der Waals surface area (Å²) in [6.45, 7) is 3.84. The van der Waals surface area contributed by atoms with E-state index in [1.807, 2.05) is 19.9 Å². The number of hydrogen-bond donors (Lipinski definition) is 1. The van der Waals surface area contributed by atoms with Crippen molar-refractivity contribution in [3.63, 3.8) is 0 Å². The predicted octanol–water partition coefficient (Wildman–Crippen LogP) is 5.16. The van der Waals surface area contributed by atoms with E-state index < -0.39 is 23.3 Å². The van der Waals surface area contributed by atoms with Crippen molar-refractivity contribution in [1.82, 2.24) is 14.5 Å². The van der Waals surface area contributed by atoms with Gasteiger partial charge in [0.15, 0.2) is 0 Å². The zero-order valence-electron chi connectivity index (χ0n) is 27.7. The second-order valence-electron chi connectivity index (χ2n) is 11.7. The van der Waals surface area contributed by atoms with Crippen LogP contribution in [0, 0.1) is 23.1 Å². The van der Waals surface area contributed by atoms with Crippen molar-refractivity contribution in [2.24, 2.45) is 16.6 Å². The van der Waals surface area contributed by atoms with Gasteiger partial charge in [-0.15, -0.1) is 0 Å². The molecular weight excluding hydrogens is 651 g/mol. The minimum atomic E-state index is -1.13. The molecule has 2 N–H and O–H groups in total. The van der Waals surface area contributed by atoms with E-state index in [-0.39, 0.29) is 57.1 Å². The number of benzene rings is 2. The molecule has 1 atom stereocenters. The fourth-order valence-corrected chi connectivity index (χ4v) is 5.72. The number of rotatable bonds is 10. The minimum absolute atomic E-state index is 0.0851. The van der Waals surface area contributed by atoms with Gasteiger partial charge in [0.25, 0.3) is 11.5 Å². The van der Waals surface area contributed by atoms with Crippen molar-refractivity contribution in [1.29, 1.82) is 5.26 Å². The molecule has 5 rings (SSSR count). The summed E-state index contributed by atoms with van der Waals surface area (Å²) in [5, 5.41) is 9.60. The molecule has 2 aromatic heterocycles. The Morgan fingerprint density at radius 2 is 1.86 bits per heavy atom. The number of pyridine rings is 1. The average Bonchev–Trinajstić information content (AvgIpc) is 3.34. The molecule has 0 saturated heterocycles. The minimum Gasteiger partial charge on any atom is -0.497 e. The number of methoxy groups -OCH3 is 2. The second kappa shape index (κ2) is 14.2. The van der Waals surface area contributed by atoms with Gasteiger partial charge in [-0.1, -0.05) is 43.6 Å². The van der Waals surface area contributed by atoms with Crippen LogP contribution in [0.25, 0.3) is 0 Å². The Morgan fingerprint density at radius 1 is 1.14 bits per heavy atom. The number of carbonyl (C=O) groups excluding carboxylic acids is 1. The van der Waals surface area contributed by atoms with Crippen LogP contribution in [-0.2, 0) is 11.3 Å². The zero-order valence-corrected chi connectivity index (χ0v) is 28.5. The van der Waals surface area contributed by atoms with Crippen molar-refractivity contribution >= 4 is 40.5 Å². The van der Waals surface area contributed by atoms with Crippen molar-refractivity contribution in [3.8, 4) is 17.7 Å². The van der Waals surface area contributed by atoms with Gasteiger partial charge in [-0.2, -0.15) is 10.2 Å². The first-order valence-corrected chi connectivity index (χ1v) is 15.5. The summed E-state index contributed by atoms with van der Waals surface area (Å²) in [6, 6.07) is 13.2. The van der Waals surface area contributed by atoms with Gasteiger partial charge in [0.05, 0.1) is 49.3 Å². The number of amides is 1. The Labute approximate surface area is 287 Å². The fourth-order valence-electron chi connectivity index (χ4n) is 5.50. The highest BCUT2D eigenvalue weighted by molar-refractivity contribution is 6.31. The maximum absolute atomic E-state index is 15.2. The lowest BCUT2D eigenvalue weighted by Gasteiger charge is -2.29. The molecule has 1 unspecified atom stereocenters. The third-order valence-corrected chi connectivity index (χ3v) is 8.09. The van der Waals surface area contributed by atoms with Gasteiger partial charge in [-0.3, -0.25) is 14.5 Å². The molecule has 2 aromatic carbocycles.